The molecule has 90 valence electrons. The van der Waals surface area contributed by atoms with Crippen molar-refractivity contribution in [2.45, 2.75) is 25.3 Å². The van der Waals surface area contributed by atoms with Crippen LogP contribution < -0.4 is 5.32 Å². The van der Waals surface area contributed by atoms with Crippen LogP contribution in [0.25, 0.3) is 0 Å². The summed E-state index contributed by atoms with van der Waals surface area (Å²) in [5.41, 5.74) is 1.32. The monoisotopic (exact) mass is 229 g/mol. The second-order valence-corrected chi connectivity index (χ2v) is 3.93. The summed E-state index contributed by atoms with van der Waals surface area (Å²) in [4.78, 5) is 11.1. The van der Waals surface area contributed by atoms with Crippen LogP contribution in [0.1, 0.15) is 18.4 Å². The molecule has 1 aromatic carbocycles. The summed E-state index contributed by atoms with van der Waals surface area (Å²) in [6.07, 6.45) is 6.01. The Labute approximate surface area is 103 Å². The summed E-state index contributed by atoms with van der Waals surface area (Å²) in [5, 5.41) is 2.83. The van der Waals surface area contributed by atoms with Crippen LogP contribution in [0.4, 0.5) is 0 Å². The van der Waals surface area contributed by atoms with Crippen LogP contribution in [0.2, 0.25) is 0 Å². The van der Waals surface area contributed by atoms with E-state index >= 15 is 0 Å². The SMILES string of the molecule is C=CC(=O)NC(C=C)CCCc1ccccc1. The molecule has 0 fully saturated rings. The quantitative estimate of drug-likeness (QED) is 0.565. The number of aryl methyl sites for hydroxylation is 1. The molecule has 17 heavy (non-hydrogen) atoms. The van der Waals surface area contributed by atoms with Crippen LogP contribution in [-0.2, 0) is 11.2 Å². The van der Waals surface area contributed by atoms with Gasteiger partial charge < -0.3 is 5.32 Å². The van der Waals surface area contributed by atoms with E-state index in [1.54, 1.807) is 6.08 Å². The molecule has 2 nitrogen and oxygen atoms in total. The summed E-state index contributed by atoms with van der Waals surface area (Å²) < 4.78 is 0. The molecule has 0 spiro atoms. The first-order chi connectivity index (χ1) is 8.26. The van der Waals surface area contributed by atoms with Gasteiger partial charge in [0.05, 0.1) is 0 Å². The van der Waals surface area contributed by atoms with Crippen LogP contribution in [0.5, 0.6) is 0 Å². The Hall–Kier alpha value is -1.83. The molecule has 0 aliphatic carbocycles. The first-order valence-electron chi connectivity index (χ1n) is 5.85. The van der Waals surface area contributed by atoms with Gasteiger partial charge in [-0.2, -0.15) is 0 Å². The minimum absolute atomic E-state index is 0.0317. The Kier molecular flexibility index (Phi) is 5.80. The Morgan fingerprint density at radius 3 is 2.59 bits per heavy atom. The molecule has 0 heterocycles. The standard InChI is InChI=1S/C15H19NO/c1-3-14(16-15(17)4-2)12-8-11-13-9-6-5-7-10-13/h3-7,9-10,14H,1-2,8,11-12H2,(H,16,17). The van der Waals surface area contributed by atoms with Gasteiger partial charge in [0.25, 0.3) is 0 Å². The van der Waals surface area contributed by atoms with E-state index in [1.807, 2.05) is 18.2 Å². The number of nitrogens with one attached hydrogen (secondary N) is 1. The predicted molar refractivity (Wildman–Crippen MR) is 71.7 cm³/mol. The Morgan fingerprint density at radius 2 is 2.00 bits per heavy atom. The molecule has 1 amide bonds. The molecular weight excluding hydrogens is 210 g/mol. The topological polar surface area (TPSA) is 29.1 Å². The molecule has 2 heteroatoms. The van der Waals surface area contributed by atoms with Gasteiger partial charge >= 0.3 is 0 Å². The lowest BCUT2D eigenvalue weighted by molar-refractivity contribution is -0.116. The highest BCUT2D eigenvalue weighted by Crippen LogP contribution is 2.07. The number of hydrogen-bond donors (Lipinski definition) is 1. The third-order valence-electron chi connectivity index (χ3n) is 2.62. The van der Waals surface area contributed by atoms with Gasteiger partial charge in [0, 0.05) is 6.04 Å². The normalized spacial score (nSPS) is 11.5. The van der Waals surface area contributed by atoms with E-state index in [0.717, 1.165) is 19.3 Å². The first kappa shape index (κ1) is 13.2. The fourth-order valence-electron chi connectivity index (χ4n) is 1.66. The number of benzene rings is 1. The zero-order valence-electron chi connectivity index (χ0n) is 10.1. The maximum absolute atomic E-state index is 11.1. The summed E-state index contributed by atoms with van der Waals surface area (Å²) in [7, 11) is 0. The van der Waals surface area contributed by atoms with Gasteiger partial charge in [0.2, 0.25) is 5.91 Å². The second kappa shape index (κ2) is 7.44. The lowest BCUT2D eigenvalue weighted by Crippen LogP contribution is -2.31. The van der Waals surface area contributed by atoms with E-state index in [2.05, 4.69) is 30.6 Å². The average Bonchev–Trinajstić information content (AvgIpc) is 2.38. The molecule has 1 atom stereocenters. The van der Waals surface area contributed by atoms with Gasteiger partial charge in [0.15, 0.2) is 0 Å². The van der Waals surface area contributed by atoms with Crippen LogP contribution in [0, 0.1) is 0 Å². The molecule has 0 bridgehead atoms. The van der Waals surface area contributed by atoms with Crippen LogP contribution in [-0.4, -0.2) is 11.9 Å². The molecule has 0 aromatic heterocycles. The van der Waals surface area contributed by atoms with Crippen molar-refractivity contribution in [3.63, 3.8) is 0 Å². The van der Waals surface area contributed by atoms with Crippen molar-refractivity contribution in [2.75, 3.05) is 0 Å². The van der Waals surface area contributed by atoms with E-state index in [-0.39, 0.29) is 11.9 Å². The van der Waals surface area contributed by atoms with E-state index in [4.69, 9.17) is 0 Å². The van der Waals surface area contributed by atoms with Crippen LogP contribution >= 0.6 is 0 Å². The molecule has 0 saturated carbocycles. The zero-order valence-corrected chi connectivity index (χ0v) is 10.1. The molecule has 0 aliphatic heterocycles. The summed E-state index contributed by atoms with van der Waals surface area (Å²) in [6, 6.07) is 10.4. The Morgan fingerprint density at radius 1 is 1.29 bits per heavy atom. The number of carbonyl (C=O) groups is 1. The number of amides is 1. The van der Waals surface area contributed by atoms with Crippen molar-refractivity contribution in [2.24, 2.45) is 0 Å². The average molecular weight is 229 g/mol. The van der Waals surface area contributed by atoms with Gasteiger partial charge in [-0.3, -0.25) is 4.79 Å². The predicted octanol–water partition coefficient (Wildman–Crippen LogP) is 2.87. The number of hydrogen-bond acceptors (Lipinski definition) is 1. The van der Waals surface area contributed by atoms with Gasteiger partial charge in [-0.15, -0.1) is 6.58 Å². The minimum atomic E-state index is -0.144. The summed E-state index contributed by atoms with van der Waals surface area (Å²) >= 11 is 0. The smallest absolute Gasteiger partial charge is 0.243 e. The minimum Gasteiger partial charge on any atom is -0.346 e. The van der Waals surface area contributed by atoms with Gasteiger partial charge in [-0.1, -0.05) is 43.0 Å². The van der Waals surface area contributed by atoms with Crippen molar-refractivity contribution in [3.8, 4) is 0 Å². The summed E-state index contributed by atoms with van der Waals surface area (Å²) in [5.74, 6) is -0.144. The van der Waals surface area contributed by atoms with Gasteiger partial charge in [-0.25, -0.2) is 0 Å². The number of carbonyl (C=O) groups excluding carboxylic acids is 1. The highest BCUT2D eigenvalue weighted by atomic mass is 16.1. The number of rotatable bonds is 7. The first-order valence-corrected chi connectivity index (χ1v) is 5.85. The fraction of sp³-hybridized carbons (Fsp3) is 0.267. The molecule has 0 saturated heterocycles. The Bertz CT molecular complexity index is 370. The molecule has 1 unspecified atom stereocenters. The van der Waals surface area contributed by atoms with Crippen molar-refractivity contribution in [1.82, 2.24) is 5.32 Å². The second-order valence-electron chi connectivity index (χ2n) is 3.93. The maximum Gasteiger partial charge on any atom is 0.243 e. The van der Waals surface area contributed by atoms with Gasteiger partial charge in [0.1, 0.15) is 0 Å². The fourth-order valence-corrected chi connectivity index (χ4v) is 1.66. The molecule has 1 aromatic rings. The van der Waals surface area contributed by atoms with E-state index in [9.17, 15) is 4.79 Å². The largest absolute Gasteiger partial charge is 0.346 e. The van der Waals surface area contributed by atoms with Gasteiger partial charge in [-0.05, 0) is 30.9 Å². The molecule has 1 rings (SSSR count). The Balaban J connectivity index is 2.31. The van der Waals surface area contributed by atoms with Crippen molar-refractivity contribution in [1.29, 1.82) is 0 Å². The van der Waals surface area contributed by atoms with Crippen molar-refractivity contribution in [3.05, 3.63) is 61.2 Å². The molecule has 1 N–H and O–H groups in total. The highest BCUT2D eigenvalue weighted by Gasteiger charge is 2.05. The molecule has 0 aliphatic rings. The van der Waals surface area contributed by atoms with E-state index in [0.29, 0.717) is 0 Å². The third-order valence-corrected chi connectivity index (χ3v) is 2.62. The summed E-state index contributed by atoms with van der Waals surface area (Å²) in [6.45, 7) is 7.15. The lowest BCUT2D eigenvalue weighted by Gasteiger charge is -2.13. The lowest BCUT2D eigenvalue weighted by atomic mass is 10.0. The molecular formula is C15H19NO. The van der Waals surface area contributed by atoms with E-state index in [1.165, 1.54) is 11.6 Å². The third kappa shape index (κ3) is 5.16. The van der Waals surface area contributed by atoms with Crippen LogP contribution in [0.3, 0.4) is 0 Å². The zero-order chi connectivity index (χ0) is 12.5. The maximum atomic E-state index is 11.1. The molecule has 0 radical (unpaired) electrons. The van der Waals surface area contributed by atoms with Crippen molar-refractivity contribution >= 4 is 5.91 Å². The van der Waals surface area contributed by atoms with E-state index < -0.39 is 0 Å². The van der Waals surface area contributed by atoms with Crippen LogP contribution in [0.15, 0.2) is 55.6 Å². The highest BCUT2D eigenvalue weighted by molar-refractivity contribution is 5.87. The van der Waals surface area contributed by atoms with Crippen molar-refractivity contribution < 1.29 is 4.79 Å².